The normalized spacial score (nSPS) is 28.9. The Hall–Kier alpha value is -1.70. The van der Waals surface area contributed by atoms with Crippen LogP contribution in [0.2, 0.25) is 0 Å². The van der Waals surface area contributed by atoms with Crippen molar-refractivity contribution in [3.63, 3.8) is 0 Å². The third-order valence-electron chi connectivity index (χ3n) is 5.91. The molecule has 0 spiro atoms. The largest absolute Gasteiger partial charge is 0.377 e. The van der Waals surface area contributed by atoms with Gasteiger partial charge in [-0.15, -0.1) is 12.4 Å². The Kier molecular flexibility index (Phi) is 5.95. The van der Waals surface area contributed by atoms with Crippen LogP contribution in [0.4, 0.5) is 5.69 Å². The summed E-state index contributed by atoms with van der Waals surface area (Å²) in [7, 11) is 0. The number of ether oxygens (including phenoxy) is 1. The lowest BCUT2D eigenvalue weighted by molar-refractivity contribution is -0.384. The molecule has 1 aliphatic heterocycles. The van der Waals surface area contributed by atoms with Gasteiger partial charge in [0.1, 0.15) is 5.54 Å². The minimum absolute atomic E-state index is 0. The molecule has 1 saturated heterocycles. The number of nitro groups is 1. The van der Waals surface area contributed by atoms with Crippen LogP contribution in [0, 0.1) is 21.4 Å². The summed E-state index contributed by atoms with van der Waals surface area (Å²) < 4.78 is 5.83. The summed E-state index contributed by atoms with van der Waals surface area (Å²) >= 11 is 0. The maximum absolute atomic E-state index is 12.8. The molecule has 1 aromatic rings. The molecule has 7 nitrogen and oxygen atoms in total. The van der Waals surface area contributed by atoms with E-state index >= 15 is 0 Å². The average molecular weight is 384 g/mol. The van der Waals surface area contributed by atoms with Gasteiger partial charge in [-0.1, -0.05) is 26.0 Å². The van der Waals surface area contributed by atoms with Crippen LogP contribution in [0.25, 0.3) is 0 Å². The molecule has 1 aromatic carbocycles. The number of carbonyl (C=O) groups excluding carboxylic acids is 1. The summed E-state index contributed by atoms with van der Waals surface area (Å²) in [5.41, 5.74) is 6.24. The first-order chi connectivity index (χ1) is 11.8. The lowest BCUT2D eigenvalue weighted by atomic mass is 9.46. The van der Waals surface area contributed by atoms with Crippen molar-refractivity contribution in [1.29, 1.82) is 0 Å². The van der Waals surface area contributed by atoms with Gasteiger partial charge in [0.05, 0.1) is 11.0 Å². The number of benzene rings is 1. The maximum Gasteiger partial charge on any atom is 0.269 e. The standard InChI is InChI=1S/C18H25N3O4.ClH/c1-17(2)15-14(4-3-11-25-15)18(17,19)16(22)20-10-9-12-5-7-13(8-6-12)21(23)24;/h5-8,14-15H,3-4,9-11,19H2,1-2H3,(H,20,22);1H. The Morgan fingerprint density at radius 3 is 2.65 bits per heavy atom. The van der Waals surface area contributed by atoms with E-state index in [2.05, 4.69) is 5.32 Å². The molecule has 3 N–H and O–H groups in total. The number of fused-ring (bicyclic) bond motifs is 1. The van der Waals surface area contributed by atoms with E-state index in [9.17, 15) is 14.9 Å². The number of hydrogen-bond donors (Lipinski definition) is 2. The van der Waals surface area contributed by atoms with Crippen LogP contribution in [0.15, 0.2) is 24.3 Å². The van der Waals surface area contributed by atoms with E-state index in [-0.39, 0.29) is 36.0 Å². The third-order valence-corrected chi connectivity index (χ3v) is 5.91. The molecule has 1 heterocycles. The summed E-state index contributed by atoms with van der Waals surface area (Å²) in [4.78, 5) is 23.0. The maximum atomic E-state index is 12.8. The lowest BCUT2D eigenvalue weighted by Gasteiger charge is -2.65. The van der Waals surface area contributed by atoms with Crippen LogP contribution in [0.1, 0.15) is 32.3 Å². The first-order valence-corrected chi connectivity index (χ1v) is 8.70. The van der Waals surface area contributed by atoms with E-state index in [1.807, 2.05) is 13.8 Å². The van der Waals surface area contributed by atoms with Crippen LogP contribution in [0.5, 0.6) is 0 Å². The lowest BCUT2D eigenvalue weighted by Crippen LogP contribution is -2.82. The fraction of sp³-hybridized carbons (Fsp3) is 0.611. The van der Waals surface area contributed by atoms with Gasteiger partial charge in [0.25, 0.3) is 5.69 Å². The summed E-state index contributed by atoms with van der Waals surface area (Å²) in [5.74, 6) is -0.0678. The van der Waals surface area contributed by atoms with Crippen molar-refractivity contribution in [2.75, 3.05) is 13.2 Å². The Morgan fingerprint density at radius 2 is 2.04 bits per heavy atom. The molecule has 8 heteroatoms. The number of nitrogens with two attached hydrogens (primary N) is 1. The van der Waals surface area contributed by atoms with E-state index in [0.717, 1.165) is 25.0 Å². The van der Waals surface area contributed by atoms with Crippen molar-refractivity contribution in [2.45, 2.75) is 44.8 Å². The van der Waals surface area contributed by atoms with Gasteiger partial charge in [0, 0.05) is 36.6 Å². The molecule has 0 aromatic heterocycles. The second-order valence-corrected chi connectivity index (χ2v) is 7.56. The predicted octanol–water partition coefficient (Wildman–Crippen LogP) is 2.21. The van der Waals surface area contributed by atoms with E-state index in [0.29, 0.717) is 13.0 Å². The highest BCUT2D eigenvalue weighted by atomic mass is 35.5. The van der Waals surface area contributed by atoms with Crippen LogP contribution in [-0.4, -0.2) is 35.6 Å². The molecule has 0 bridgehead atoms. The van der Waals surface area contributed by atoms with Gasteiger partial charge < -0.3 is 15.8 Å². The van der Waals surface area contributed by atoms with Crippen LogP contribution >= 0.6 is 12.4 Å². The van der Waals surface area contributed by atoms with Gasteiger partial charge in [0.2, 0.25) is 5.91 Å². The van der Waals surface area contributed by atoms with Crippen LogP contribution in [0.3, 0.4) is 0 Å². The fourth-order valence-corrected chi connectivity index (χ4v) is 4.29. The first-order valence-electron chi connectivity index (χ1n) is 8.70. The number of carbonyl (C=O) groups is 1. The molecule has 1 saturated carbocycles. The number of rotatable bonds is 5. The van der Waals surface area contributed by atoms with Crippen molar-refractivity contribution in [2.24, 2.45) is 17.1 Å². The van der Waals surface area contributed by atoms with Gasteiger partial charge in [-0.3, -0.25) is 14.9 Å². The third kappa shape index (κ3) is 3.19. The fourth-order valence-electron chi connectivity index (χ4n) is 4.29. The Morgan fingerprint density at radius 1 is 1.38 bits per heavy atom. The van der Waals surface area contributed by atoms with E-state index in [4.69, 9.17) is 10.5 Å². The van der Waals surface area contributed by atoms with Crippen molar-refractivity contribution >= 4 is 24.0 Å². The zero-order chi connectivity index (χ0) is 18.2. The SMILES string of the molecule is CC1(C)C2OCCCC2C1(N)C(=O)NCCc1ccc([N+](=O)[O-])cc1.Cl. The summed E-state index contributed by atoms with van der Waals surface area (Å²) in [6.45, 7) is 5.18. The molecule has 144 valence electrons. The van der Waals surface area contributed by atoms with Gasteiger partial charge >= 0.3 is 0 Å². The van der Waals surface area contributed by atoms with E-state index in [1.54, 1.807) is 12.1 Å². The van der Waals surface area contributed by atoms with Crippen LogP contribution in [-0.2, 0) is 16.0 Å². The molecule has 2 fully saturated rings. The van der Waals surface area contributed by atoms with Crippen molar-refractivity contribution < 1.29 is 14.5 Å². The molecule has 26 heavy (non-hydrogen) atoms. The number of non-ortho nitro benzene ring substituents is 1. The van der Waals surface area contributed by atoms with E-state index < -0.39 is 15.9 Å². The topological polar surface area (TPSA) is 107 Å². The molecule has 1 aliphatic carbocycles. The Bertz CT molecular complexity index is 680. The summed E-state index contributed by atoms with van der Waals surface area (Å²) in [6, 6.07) is 6.36. The molecule has 1 amide bonds. The van der Waals surface area contributed by atoms with Gasteiger partial charge in [-0.05, 0) is 24.8 Å². The van der Waals surface area contributed by atoms with Gasteiger partial charge in [-0.2, -0.15) is 0 Å². The highest BCUT2D eigenvalue weighted by Crippen LogP contribution is 2.57. The summed E-state index contributed by atoms with van der Waals surface area (Å²) in [6.07, 6.45) is 2.50. The zero-order valence-electron chi connectivity index (χ0n) is 15.1. The van der Waals surface area contributed by atoms with Crippen molar-refractivity contribution in [1.82, 2.24) is 5.32 Å². The Balaban J connectivity index is 0.00000243. The first kappa shape index (κ1) is 20.6. The van der Waals surface area contributed by atoms with Crippen molar-refractivity contribution in [3.05, 3.63) is 39.9 Å². The number of hydrogen-bond acceptors (Lipinski definition) is 5. The van der Waals surface area contributed by atoms with Gasteiger partial charge in [0.15, 0.2) is 0 Å². The summed E-state index contributed by atoms with van der Waals surface area (Å²) in [5, 5.41) is 13.6. The Labute approximate surface area is 159 Å². The van der Waals surface area contributed by atoms with Gasteiger partial charge in [-0.25, -0.2) is 0 Å². The second-order valence-electron chi connectivity index (χ2n) is 7.56. The van der Waals surface area contributed by atoms with Crippen molar-refractivity contribution in [3.8, 4) is 0 Å². The molecular weight excluding hydrogens is 358 g/mol. The molecule has 3 atom stereocenters. The predicted molar refractivity (Wildman–Crippen MR) is 100 cm³/mol. The minimum Gasteiger partial charge on any atom is -0.377 e. The highest BCUT2D eigenvalue weighted by molar-refractivity contribution is 5.89. The molecular formula is C18H26ClN3O4. The van der Waals surface area contributed by atoms with Crippen LogP contribution < -0.4 is 11.1 Å². The molecule has 0 radical (unpaired) electrons. The quantitative estimate of drug-likeness (QED) is 0.598. The number of halogens is 1. The zero-order valence-corrected chi connectivity index (χ0v) is 15.9. The monoisotopic (exact) mass is 383 g/mol. The number of nitrogens with one attached hydrogen (secondary N) is 1. The molecule has 3 rings (SSSR count). The second kappa shape index (κ2) is 7.50. The average Bonchev–Trinajstić information content (AvgIpc) is 2.61. The molecule has 2 aliphatic rings. The number of nitro benzene ring substituents is 1. The smallest absolute Gasteiger partial charge is 0.269 e. The highest BCUT2D eigenvalue weighted by Gasteiger charge is 2.70. The number of amides is 1. The van der Waals surface area contributed by atoms with E-state index in [1.165, 1.54) is 12.1 Å². The number of nitrogens with zero attached hydrogens (tertiary/aromatic N) is 1. The minimum atomic E-state index is -0.909. The molecule has 3 unspecified atom stereocenters.